The van der Waals surface area contributed by atoms with Crippen molar-refractivity contribution < 1.29 is 4.79 Å². The molecule has 0 aliphatic rings. The average molecular weight is 262 g/mol. The maximum absolute atomic E-state index is 11.2. The van der Waals surface area contributed by atoms with E-state index in [1.807, 2.05) is 6.92 Å². The summed E-state index contributed by atoms with van der Waals surface area (Å²) in [4.78, 5) is 11.2. The van der Waals surface area contributed by atoms with Gasteiger partial charge in [-0.1, -0.05) is 51.5 Å². The first-order valence-corrected chi connectivity index (χ1v) is 7.09. The quantitative estimate of drug-likeness (QED) is 0.794. The average Bonchev–Trinajstić information content (AvgIpc) is 2.36. The van der Waals surface area contributed by atoms with Gasteiger partial charge in [-0.25, -0.2) is 0 Å². The SMILES string of the molecule is CCCc1ccc([C@H](N[C@H](C)C(N)=O)C(C)C)cc1. The summed E-state index contributed by atoms with van der Waals surface area (Å²) in [5.41, 5.74) is 7.89. The van der Waals surface area contributed by atoms with Gasteiger partial charge in [-0.15, -0.1) is 0 Å². The zero-order valence-electron chi connectivity index (χ0n) is 12.4. The summed E-state index contributed by atoms with van der Waals surface area (Å²) in [6.45, 7) is 8.28. The summed E-state index contributed by atoms with van der Waals surface area (Å²) in [7, 11) is 0. The van der Waals surface area contributed by atoms with E-state index in [-0.39, 0.29) is 18.0 Å². The van der Waals surface area contributed by atoms with Crippen LogP contribution in [0.1, 0.15) is 51.3 Å². The van der Waals surface area contributed by atoms with Crippen LogP contribution in [0.25, 0.3) is 0 Å². The highest BCUT2D eigenvalue weighted by atomic mass is 16.1. The highest BCUT2D eigenvalue weighted by molar-refractivity contribution is 5.79. The number of aryl methyl sites for hydroxylation is 1. The third-order valence-corrected chi connectivity index (χ3v) is 3.40. The van der Waals surface area contributed by atoms with Gasteiger partial charge in [0.25, 0.3) is 0 Å². The fourth-order valence-electron chi connectivity index (χ4n) is 2.21. The first-order valence-electron chi connectivity index (χ1n) is 7.09. The number of carbonyl (C=O) groups is 1. The summed E-state index contributed by atoms with van der Waals surface area (Å²) in [6.07, 6.45) is 2.27. The second-order valence-corrected chi connectivity index (χ2v) is 5.50. The van der Waals surface area contributed by atoms with E-state index in [4.69, 9.17) is 5.73 Å². The van der Waals surface area contributed by atoms with Crippen molar-refractivity contribution in [3.05, 3.63) is 35.4 Å². The van der Waals surface area contributed by atoms with Crippen LogP contribution in [0.3, 0.4) is 0 Å². The molecule has 1 aromatic carbocycles. The van der Waals surface area contributed by atoms with E-state index in [1.165, 1.54) is 11.1 Å². The van der Waals surface area contributed by atoms with Crippen molar-refractivity contribution in [3.8, 4) is 0 Å². The molecule has 0 saturated carbocycles. The van der Waals surface area contributed by atoms with Gasteiger partial charge in [0.2, 0.25) is 5.91 Å². The van der Waals surface area contributed by atoms with Crippen LogP contribution in [-0.2, 0) is 11.2 Å². The predicted octanol–water partition coefficient (Wildman–Crippen LogP) is 2.80. The van der Waals surface area contributed by atoms with Crippen molar-refractivity contribution in [2.75, 3.05) is 0 Å². The largest absolute Gasteiger partial charge is 0.368 e. The minimum Gasteiger partial charge on any atom is -0.368 e. The first kappa shape index (κ1) is 15.7. The van der Waals surface area contributed by atoms with Crippen LogP contribution < -0.4 is 11.1 Å². The molecule has 0 spiro atoms. The van der Waals surface area contributed by atoms with Gasteiger partial charge in [-0.2, -0.15) is 0 Å². The van der Waals surface area contributed by atoms with Crippen LogP contribution in [0, 0.1) is 5.92 Å². The molecule has 0 aliphatic heterocycles. The molecule has 0 fully saturated rings. The Hall–Kier alpha value is -1.35. The van der Waals surface area contributed by atoms with Crippen molar-refractivity contribution >= 4 is 5.91 Å². The van der Waals surface area contributed by atoms with E-state index in [9.17, 15) is 4.79 Å². The molecule has 3 nitrogen and oxygen atoms in total. The summed E-state index contributed by atoms with van der Waals surface area (Å²) in [6, 6.07) is 8.48. The Morgan fingerprint density at radius 1 is 1.21 bits per heavy atom. The molecule has 3 N–H and O–H groups in total. The van der Waals surface area contributed by atoms with Crippen LogP contribution in [0.15, 0.2) is 24.3 Å². The maximum atomic E-state index is 11.2. The number of primary amides is 1. The van der Waals surface area contributed by atoms with Gasteiger partial charge in [-0.3, -0.25) is 10.1 Å². The molecule has 19 heavy (non-hydrogen) atoms. The Morgan fingerprint density at radius 2 is 1.79 bits per heavy atom. The lowest BCUT2D eigenvalue weighted by molar-refractivity contribution is -0.119. The van der Waals surface area contributed by atoms with Gasteiger partial charge in [0.15, 0.2) is 0 Å². The molecule has 0 unspecified atom stereocenters. The summed E-state index contributed by atoms with van der Waals surface area (Å²) in [5.74, 6) is 0.0899. The van der Waals surface area contributed by atoms with Crippen LogP contribution in [0.4, 0.5) is 0 Å². The highest BCUT2D eigenvalue weighted by Gasteiger charge is 2.20. The Bertz CT molecular complexity index is 398. The van der Waals surface area contributed by atoms with Crippen LogP contribution in [0.2, 0.25) is 0 Å². The third kappa shape index (κ3) is 4.67. The molecule has 0 saturated heterocycles. The van der Waals surface area contributed by atoms with Gasteiger partial charge < -0.3 is 5.73 Å². The molecule has 0 aromatic heterocycles. The maximum Gasteiger partial charge on any atom is 0.234 e. The van der Waals surface area contributed by atoms with E-state index in [0.717, 1.165) is 12.8 Å². The van der Waals surface area contributed by atoms with E-state index < -0.39 is 0 Å². The number of rotatable bonds is 7. The number of hydrogen-bond acceptors (Lipinski definition) is 2. The normalized spacial score (nSPS) is 14.4. The molecule has 2 atom stereocenters. The zero-order chi connectivity index (χ0) is 14.4. The second-order valence-electron chi connectivity index (χ2n) is 5.50. The Labute approximate surface area is 116 Å². The Morgan fingerprint density at radius 3 is 2.21 bits per heavy atom. The first-order chi connectivity index (χ1) is 8.95. The lowest BCUT2D eigenvalue weighted by Crippen LogP contribution is -2.42. The fourth-order valence-corrected chi connectivity index (χ4v) is 2.21. The summed E-state index contributed by atoms with van der Waals surface area (Å²) < 4.78 is 0. The molecule has 1 aromatic rings. The lowest BCUT2D eigenvalue weighted by atomic mass is 9.94. The van der Waals surface area contributed by atoms with Gasteiger partial charge in [0.1, 0.15) is 0 Å². The van der Waals surface area contributed by atoms with Gasteiger partial charge >= 0.3 is 0 Å². The van der Waals surface area contributed by atoms with Crippen molar-refractivity contribution in [2.24, 2.45) is 11.7 Å². The van der Waals surface area contributed by atoms with Crippen LogP contribution in [-0.4, -0.2) is 11.9 Å². The number of nitrogens with two attached hydrogens (primary N) is 1. The standard InChI is InChI=1S/C16H26N2O/c1-5-6-13-7-9-14(10-8-13)15(11(2)3)18-12(4)16(17)19/h7-12,15,18H,5-6H2,1-4H3,(H2,17,19)/t12-,15-/m1/s1. The molecule has 1 rings (SSSR count). The number of amides is 1. The van der Waals surface area contributed by atoms with Crippen LogP contribution in [0.5, 0.6) is 0 Å². The number of hydrogen-bond donors (Lipinski definition) is 2. The van der Waals surface area contributed by atoms with Gasteiger partial charge in [0, 0.05) is 6.04 Å². The fraction of sp³-hybridized carbons (Fsp3) is 0.562. The molecule has 0 heterocycles. The summed E-state index contributed by atoms with van der Waals surface area (Å²) >= 11 is 0. The second kappa shape index (κ2) is 7.29. The summed E-state index contributed by atoms with van der Waals surface area (Å²) in [5, 5.41) is 3.31. The molecule has 0 aliphatic carbocycles. The number of benzene rings is 1. The van der Waals surface area contributed by atoms with Crippen molar-refractivity contribution in [3.63, 3.8) is 0 Å². The molecular formula is C16H26N2O. The monoisotopic (exact) mass is 262 g/mol. The van der Waals surface area contributed by atoms with E-state index in [0.29, 0.717) is 5.92 Å². The molecule has 106 valence electrons. The Kier molecular flexibility index (Phi) is 6.03. The topological polar surface area (TPSA) is 55.1 Å². The van der Waals surface area contributed by atoms with E-state index in [1.54, 1.807) is 0 Å². The van der Waals surface area contributed by atoms with Crippen molar-refractivity contribution in [1.82, 2.24) is 5.32 Å². The minimum absolute atomic E-state index is 0.151. The highest BCUT2D eigenvalue weighted by Crippen LogP contribution is 2.23. The van der Waals surface area contributed by atoms with E-state index in [2.05, 4.69) is 50.4 Å². The van der Waals surface area contributed by atoms with Crippen LogP contribution >= 0.6 is 0 Å². The molecule has 0 radical (unpaired) electrons. The Balaban J connectivity index is 2.84. The molecule has 1 amide bonds. The van der Waals surface area contributed by atoms with Gasteiger partial charge in [-0.05, 0) is 30.4 Å². The van der Waals surface area contributed by atoms with Gasteiger partial charge in [0.05, 0.1) is 6.04 Å². The zero-order valence-corrected chi connectivity index (χ0v) is 12.4. The number of nitrogens with one attached hydrogen (secondary N) is 1. The van der Waals surface area contributed by atoms with E-state index >= 15 is 0 Å². The smallest absolute Gasteiger partial charge is 0.234 e. The third-order valence-electron chi connectivity index (χ3n) is 3.40. The molecular weight excluding hydrogens is 236 g/mol. The van der Waals surface area contributed by atoms with Crippen molar-refractivity contribution in [1.29, 1.82) is 0 Å². The number of carbonyl (C=O) groups excluding carboxylic acids is 1. The molecule has 0 bridgehead atoms. The molecule has 3 heteroatoms. The lowest BCUT2D eigenvalue weighted by Gasteiger charge is -2.25. The van der Waals surface area contributed by atoms with Crippen molar-refractivity contribution in [2.45, 2.75) is 52.6 Å². The minimum atomic E-state index is -0.317. The predicted molar refractivity (Wildman–Crippen MR) is 79.8 cm³/mol.